The zero-order chi connectivity index (χ0) is 13.7. The van der Waals surface area contributed by atoms with Gasteiger partial charge in [0, 0.05) is 38.6 Å². The van der Waals surface area contributed by atoms with Crippen LogP contribution in [-0.2, 0) is 4.79 Å². The SMILES string of the molecule is C[C@H]1CN(CCC(=O)Nc2ccccc2Cl)CCN1. The molecular weight excluding hydrogens is 262 g/mol. The number of para-hydroxylation sites is 1. The summed E-state index contributed by atoms with van der Waals surface area (Å²) >= 11 is 6.00. The van der Waals surface area contributed by atoms with Gasteiger partial charge in [-0.15, -0.1) is 0 Å². The molecule has 0 aliphatic carbocycles. The fourth-order valence-corrected chi connectivity index (χ4v) is 2.43. The van der Waals surface area contributed by atoms with Crippen LogP contribution in [0.1, 0.15) is 13.3 Å². The molecule has 0 aromatic heterocycles. The van der Waals surface area contributed by atoms with Crippen LogP contribution in [-0.4, -0.2) is 43.0 Å². The van der Waals surface area contributed by atoms with E-state index in [0.717, 1.165) is 26.2 Å². The molecule has 2 N–H and O–H groups in total. The maximum absolute atomic E-state index is 11.9. The summed E-state index contributed by atoms with van der Waals surface area (Å²) in [5.74, 6) is 0.0132. The Bertz CT molecular complexity index is 438. The van der Waals surface area contributed by atoms with Gasteiger partial charge in [0.05, 0.1) is 10.7 Å². The number of amides is 1. The molecule has 1 aromatic carbocycles. The molecule has 19 heavy (non-hydrogen) atoms. The van der Waals surface area contributed by atoms with Crippen molar-refractivity contribution in [2.75, 3.05) is 31.5 Å². The highest BCUT2D eigenvalue weighted by Crippen LogP contribution is 2.20. The third kappa shape index (κ3) is 4.49. The van der Waals surface area contributed by atoms with Crippen LogP contribution in [0.15, 0.2) is 24.3 Å². The van der Waals surface area contributed by atoms with Crippen LogP contribution >= 0.6 is 11.6 Å². The number of rotatable bonds is 4. The van der Waals surface area contributed by atoms with Crippen molar-refractivity contribution >= 4 is 23.2 Å². The normalized spacial score (nSPS) is 20.2. The van der Waals surface area contributed by atoms with Crippen molar-refractivity contribution in [3.63, 3.8) is 0 Å². The van der Waals surface area contributed by atoms with E-state index in [1.165, 1.54) is 0 Å². The lowest BCUT2D eigenvalue weighted by molar-refractivity contribution is -0.116. The summed E-state index contributed by atoms with van der Waals surface area (Å²) in [6.45, 7) is 5.95. The lowest BCUT2D eigenvalue weighted by Crippen LogP contribution is -2.49. The first kappa shape index (κ1) is 14.3. The number of carbonyl (C=O) groups is 1. The molecule has 0 unspecified atom stereocenters. The second-order valence-electron chi connectivity index (χ2n) is 4.93. The molecule has 2 rings (SSSR count). The van der Waals surface area contributed by atoms with E-state index >= 15 is 0 Å². The van der Waals surface area contributed by atoms with Crippen LogP contribution in [0.25, 0.3) is 0 Å². The first-order chi connectivity index (χ1) is 9.15. The highest BCUT2D eigenvalue weighted by atomic mass is 35.5. The predicted molar refractivity (Wildman–Crippen MR) is 78.6 cm³/mol. The van der Waals surface area contributed by atoms with E-state index in [1.54, 1.807) is 6.07 Å². The van der Waals surface area contributed by atoms with Gasteiger partial charge in [0.1, 0.15) is 0 Å². The molecular formula is C14H20ClN3O. The van der Waals surface area contributed by atoms with E-state index < -0.39 is 0 Å². The molecule has 1 saturated heterocycles. The highest BCUT2D eigenvalue weighted by Gasteiger charge is 2.16. The van der Waals surface area contributed by atoms with E-state index in [4.69, 9.17) is 11.6 Å². The van der Waals surface area contributed by atoms with Gasteiger partial charge in [-0.3, -0.25) is 4.79 Å². The Morgan fingerprint density at radius 1 is 1.53 bits per heavy atom. The molecule has 4 nitrogen and oxygen atoms in total. The molecule has 0 bridgehead atoms. The number of nitrogens with one attached hydrogen (secondary N) is 2. The van der Waals surface area contributed by atoms with Gasteiger partial charge in [-0.05, 0) is 19.1 Å². The van der Waals surface area contributed by atoms with Crippen molar-refractivity contribution in [2.45, 2.75) is 19.4 Å². The van der Waals surface area contributed by atoms with Gasteiger partial charge in [-0.2, -0.15) is 0 Å². The van der Waals surface area contributed by atoms with Crippen LogP contribution in [0.2, 0.25) is 5.02 Å². The number of carbonyl (C=O) groups excluding carboxylic acids is 1. The maximum Gasteiger partial charge on any atom is 0.225 e. The van der Waals surface area contributed by atoms with E-state index in [0.29, 0.717) is 23.2 Å². The molecule has 1 fully saturated rings. The van der Waals surface area contributed by atoms with Crippen LogP contribution in [0.4, 0.5) is 5.69 Å². The first-order valence-electron chi connectivity index (χ1n) is 6.65. The summed E-state index contributed by atoms with van der Waals surface area (Å²) in [6.07, 6.45) is 0.498. The van der Waals surface area contributed by atoms with Crippen molar-refractivity contribution in [1.82, 2.24) is 10.2 Å². The van der Waals surface area contributed by atoms with E-state index in [1.807, 2.05) is 18.2 Å². The minimum absolute atomic E-state index is 0.0132. The summed E-state index contributed by atoms with van der Waals surface area (Å²) < 4.78 is 0. The molecule has 5 heteroatoms. The van der Waals surface area contributed by atoms with Crippen molar-refractivity contribution in [1.29, 1.82) is 0 Å². The molecule has 1 aliphatic rings. The number of benzene rings is 1. The molecule has 0 radical (unpaired) electrons. The second-order valence-corrected chi connectivity index (χ2v) is 5.34. The van der Waals surface area contributed by atoms with Gasteiger partial charge in [0.2, 0.25) is 5.91 Å². The lowest BCUT2D eigenvalue weighted by atomic mass is 10.2. The average molecular weight is 282 g/mol. The van der Waals surface area contributed by atoms with Crippen LogP contribution in [0.5, 0.6) is 0 Å². The van der Waals surface area contributed by atoms with Crippen molar-refractivity contribution < 1.29 is 4.79 Å². The van der Waals surface area contributed by atoms with Crippen molar-refractivity contribution in [3.8, 4) is 0 Å². The molecule has 1 aromatic rings. The van der Waals surface area contributed by atoms with Gasteiger partial charge >= 0.3 is 0 Å². The summed E-state index contributed by atoms with van der Waals surface area (Å²) in [5.41, 5.74) is 0.683. The minimum Gasteiger partial charge on any atom is -0.325 e. The van der Waals surface area contributed by atoms with Crippen LogP contribution in [0, 0.1) is 0 Å². The Morgan fingerprint density at radius 2 is 2.32 bits per heavy atom. The van der Waals surface area contributed by atoms with Gasteiger partial charge in [0.25, 0.3) is 0 Å². The van der Waals surface area contributed by atoms with E-state index in [2.05, 4.69) is 22.5 Å². The zero-order valence-electron chi connectivity index (χ0n) is 11.2. The Morgan fingerprint density at radius 3 is 3.05 bits per heavy atom. The van der Waals surface area contributed by atoms with Crippen molar-refractivity contribution in [2.24, 2.45) is 0 Å². The summed E-state index contributed by atoms with van der Waals surface area (Å²) in [6, 6.07) is 7.79. The van der Waals surface area contributed by atoms with Crippen LogP contribution < -0.4 is 10.6 Å². The Kier molecular flexibility index (Phi) is 5.19. The van der Waals surface area contributed by atoms with E-state index in [9.17, 15) is 4.79 Å². The molecule has 0 saturated carbocycles. The summed E-state index contributed by atoms with van der Waals surface area (Å²) in [4.78, 5) is 14.2. The predicted octanol–water partition coefficient (Wildman–Crippen LogP) is 1.96. The third-order valence-electron chi connectivity index (χ3n) is 3.26. The number of anilines is 1. The minimum atomic E-state index is 0.0132. The number of nitrogens with zero attached hydrogens (tertiary/aromatic N) is 1. The van der Waals surface area contributed by atoms with Crippen molar-refractivity contribution in [3.05, 3.63) is 29.3 Å². The molecule has 0 spiro atoms. The van der Waals surface area contributed by atoms with E-state index in [-0.39, 0.29) is 5.91 Å². The highest BCUT2D eigenvalue weighted by molar-refractivity contribution is 6.33. The fourth-order valence-electron chi connectivity index (χ4n) is 2.25. The second kappa shape index (κ2) is 6.89. The number of hydrogen-bond donors (Lipinski definition) is 2. The quantitative estimate of drug-likeness (QED) is 0.887. The molecule has 1 aliphatic heterocycles. The standard InChI is InChI=1S/C14H20ClN3O/c1-11-10-18(9-7-16-11)8-6-14(19)17-13-5-3-2-4-12(13)15/h2-5,11,16H,6-10H2,1H3,(H,17,19)/t11-/m0/s1. The number of piperazine rings is 1. The van der Waals surface area contributed by atoms with Gasteiger partial charge in [0.15, 0.2) is 0 Å². The summed E-state index contributed by atoms with van der Waals surface area (Å²) in [7, 11) is 0. The van der Waals surface area contributed by atoms with Gasteiger partial charge in [-0.25, -0.2) is 0 Å². The lowest BCUT2D eigenvalue weighted by Gasteiger charge is -2.31. The number of halogens is 1. The molecule has 1 heterocycles. The fraction of sp³-hybridized carbons (Fsp3) is 0.500. The smallest absolute Gasteiger partial charge is 0.225 e. The first-order valence-corrected chi connectivity index (χ1v) is 7.03. The molecule has 1 atom stereocenters. The number of hydrogen-bond acceptors (Lipinski definition) is 3. The van der Waals surface area contributed by atoms with Gasteiger partial charge < -0.3 is 15.5 Å². The maximum atomic E-state index is 11.9. The topological polar surface area (TPSA) is 44.4 Å². The largest absolute Gasteiger partial charge is 0.325 e. The average Bonchev–Trinajstić information content (AvgIpc) is 2.39. The molecule has 104 valence electrons. The Balaban J connectivity index is 1.77. The monoisotopic (exact) mass is 281 g/mol. The van der Waals surface area contributed by atoms with Gasteiger partial charge in [-0.1, -0.05) is 23.7 Å². The Hall–Kier alpha value is -1.10. The van der Waals surface area contributed by atoms with Crippen LogP contribution in [0.3, 0.4) is 0 Å². The Labute approximate surface area is 119 Å². The molecule has 1 amide bonds. The zero-order valence-corrected chi connectivity index (χ0v) is 11.9. The summed E-state index contributed by atoms with van der Waals surface area (Å²) in [5, 5.41) is 6.81. The third-order valence-corrected chi connectivity index (χ3v) is 3.59.